The van der Waals surface area contributed by atoms with E-state index in [9.17, 15) is 4.79 Å². The van der Waals surface area contributed by atoms with Gasteiger partial charge in [-0.2, -0.15) is 4.98 Å². The predicted octanol–water partition coefficient (Wildman–Crippen LogP) is 4.49. The summed E-state index contributed by atoms with van der Waals surface area (Å²) in [6, 6.07) is 6.88. The second kappa shape index (κ2) is 11.5. The molecule has 3 aliphatic rings. The Kier molecular flexibility index (Phi) is 7.96. The molecule has 1 atom stereocenters. The highest BCUT2D eigenvalue weighted by Gasteiger charge is 2.30. The lowest BCUT2D eigenvalue weighted by atomic mass is 10.0. The zero-order valence-electron chi connectivity index (χ0n) is 20.2. The first-order valence-corrected chi connectivity index (χ1v) is 14.1. The SMILES string of the molecule is O=C(c1cccs1)N1CCC(N2CCCCC(Nc3nccc(N4CCCCCC4)n3)C2)CC1. The summed E-state index contributed by atoms with van der Waals surface area (Å²) < 4.78 is 0. The van der Waals surface area contributed by atoms with Crippen molar-refractivity contribution in [2.24, 2.45) is 0 Å². The molecule has 2 aromatic rings. The summed E-state index contributed by atoms with van der Waals surface area (Å²) in [6.07, 6.45) is 12.8. The summed E-state index contributed by atoms with van der Waals surface area (Å²) in [5, 5.41) is 5.66. The first-order valence-electron chi connectivity index (χ1n) is 13.2. The lowest BCUT2D eigenvalue weighted by Gasteiger charge is -2.39. The Balaban J connectivity index is 1.17. The van der Waals surface area contributed by atoms with Crippen LogP contribution < -0.4 is 10.2 Å². The molecule has 3 saturated heterocycles. The molecule has 5 rings (SSSR count). The van der Waals surface area contributed by atoms with Crippen LogP contribution in [-0.4, -0.2) is 77.0 Å². The lowest BCUT2D eigenvalue weighted by molar-refractivity contribution is 0.0624. The zero-order chi connectivity index (χ0) is 23.2. The molecule has 34 heavy (non-hydrogen) atoms. The van der Waals surface area contributed by atoms with Crippen LogP contribution in [0.15, 0.2) is 29.8 Å². The van der Waals surface area contributed by atoms with Crippen LogP contribution >= 0.6 is 11.3 Å². The third kappa shape index (κ3) is 5.89. The number of aromatic nitrogens is 2. The smallest absolute Gasteiger partial charge is 0.263 e. The van der Waals surface area contributed by atoms with Gasteiger partial charge in [-0.05, 0) is 62.6 Å². The van der Waals surface area contributed by atoms with Gasteiger partial charge in [-0.3, -0.25) is 9.69 Å². The molecule has 3 fully saturated rings. The maximum Gasteiger partial charge on any atom is 0.263 e. The van der Waals surface area contributed by atoms with Gasteiger partial charge in [-0.15, -0.1) is 11.3 Å². The summed E-state index contributed by atoms with van der Waals surface area (Å²) in [6.45, 7) is 6.09. The number of hydrogen-bond acceptors (Lipinski definition) is 7. The molecule has 0 aromatic carbocycles. The Morgan fingerprint density at radius 2 is 1.74 bits per heavy atom. The van der Waals surface area contributed by atoms with Crippen molar-refractivity contribution in [3.8, 4) is 0 Å². The number of hydrogen-bond donors (Lipinski definition) is 1. The average Bonchev–Trinajstić information content (AvgIpc) is 3.13. The molecule has 0 radical (unpaired) electrons. The van der Waals surface area contributed by atoms with Crippen molar-refractivity contribution in [3.05, 3.63) is 34.7 Å². The maximum absolute atomic E-state index is 12.7. The molecule has 0 bridgehead atoms. The van der Waals surface area contributed by atoms with Gasteiger partial charge in [0.25, 0.3) is 5.91 Å². The van der Waals surface area contributed by atoms with Crippen molar-refractivity contribution in [2.45, 2.75) is 69.9 Å². The number of nitrogens with zero attached hydrogens (tertiary/aromatic N) is 5. The van der Waals surface area contributed by atoms with Gasteiger partial charge in [-0.25, -0.2) is 4.98 Å². The first-order chi connectivity index (χ1) is 16.8. The molecule has 5 heterocycles. The largest absolute Gasteiger partial charge is 0.356 e. The molecule has 1 amide bonds. The first kappa shape index (κ1) is 23.5. The van der Waals surface area contributed by atoms with Crippen LogP contribution in [0.5, 0.6) is 0 Å². The van der Waals surface area contributed by atoms with Crippen molar-refractivity contribution >= 4 is 29.0 Å². The Morgan fingerprint density at radius 3 is 2.50 bits per heavy atom. The van der Waals surface area contributed by atoms with Gasteiger partial charge in [-0.1, -0.05) is 25.3 Å². The van der Waals surface area contributed by atoms with Crippen molar-refractivity contribution in [3.63, 3.8) is 0 Å². The van der Waals surface area contributed by atoms with Crippen LogP contribution in [0.3, 0.4) is 0 Å². The molecule has 2 aromatic heterocycles. The van der Waals surface area contributed by atoms with Crippen LogP contribution in [0, 0.1) is 0 Å². The summed E-state index contributed by atoms with van der Waals surface area (Å²) in [4.78, 5) is 30.2. The second-order valence-corrected chi connectivity index (χ2v) is 10.9. The summed E-state index contributed by atoms with van der Waals surface area (Å²) in [5.74, 6) is 2.03. The summed E-state index contributed by atoms with van der Waals surface area (Å²) in [7, 11) is 0. The van der Waals surface area contributed by atoms with Gasteiger partial charge >= 0.3 is 0 Å². The maximum atomic E-state index is 12.7. The van der Waals surface area contributed by atoms with Crippen molar-refractivity contribution in [1.82, 2.24) is 19.8 Å². The molecule has 7 nitrogen and oxygen atoms in total. The fraction of sp³-hybridized carbons (Fsp3) is 0.654. The Labute approximate surface area is 207 Å². The minimum Gasteiger partial charge on any atom is -0.356 e. The lowest BCUT2D eigenvalue weighted by Crippen LogP contribution is -2.49. The van der Waals surface area contributed by atoms with Gasteiger partial charge in [0.05, 0.1) is 4.88 Å². The molecule has 184 valence electrons. The molecule has 1 N–H and O–H groups in total. The molecule has 0 spiro atoms. The predicted molar refractivity (Wildman–Crippen MR) is 139 cm³/mol. The van der Waals surface area contributed by atoms with Gasteiger partial charge in [0.1, 0.15) is 5.82 Å². The van der Waals surface area contributed by atoms with E-state index in [0.717, 1.165) is 75.2 Å². The number of likely N-dealkylation sites (tertiary alicyclic amines) is 2. The van der Waals surface area contributed by atoms with E-state index in [1.807, 2.05) is 28.6 Å². The van der Waals surface area contributed by atoms with E-state index in [2.05, 4.69) is 26.2 Å². The summed E-state index contributed by atoms with van der Waals surface area (Å²) in [5.41, 5.74) is 0. The number of nitrogens with one attached hydrogen (secondary N) is 1. The quantitative estimate of drug-likeness (QED) is 0.677. The summed E-state index contributed by atoms with van der Waals surface area (Å²) >= 11 is 1.54. The number of anilines is 2. The molecule has 3 aliphatic heterocycles. The number of carbonyl (C=O) groups is 1. The molecule has 8 heteroatoms. The van der Waals surface area contributed by atoms with Gasteiger partial charge < -0.3 is 15.1 Å². The van der Waals surface area contributed by atoms with Gasteiger partial charge in [0, 0.05) is 51.0 Å². The Morgan fingerprint density at radius 1 is 0.941 bits per heavy atom. The van der Waals surface area contributed by atoms with E-state index < -0.39 is 0 Å². The van der Waals surface area contributed by atoms with Gasteiger partial charge in [0.2, 0.25) is 5.95 Å². The standard InChI is InChI=1S/C26H38N6OS/c33-25(23-9-7-19-34-23)31-17-11-22(12-18-31)32-16-6-3-8-21(20-32)28-26-27-13-10-24(29-26)30-14-4-1-2-5-15-30/h7,9-10,13,19,21-22H,1-6,8,11-12,14-18,20H2,(H,27,28,29). The second-order valence-electron chi connectivity index (χ2n) is 9.97. The van der Waals surface area contributed by atoms with E-state index in [1.54, 1.807) is 11.3 Å². The van der Waals surface area contributed by atoms with Crippen molar-refractivity contribution in [1.29, 1.82) is 0 Å². The number of amides is 1. The van der Waals surface area contributed by atoms with E-state index in [-0.39, 0.29) is 5.91 Å². The van der Waals surface area contributed by atoms with E-state index in [1.165, 1.54) is 38.5 Å². The minimum absolute atomic E-state index is 0.199. The monoisotopic (exact) mass is 482 g/mol. The highest BCUT2D eigenvalue weighted by atomic mass is 32.1. The third-order valence-corrected chi connectivity index (χ3v) is 8.46. The fourth-order valence-electron chi connectivity index (χ4n) is 5.69. The van der Waals surface area contributed by atoms with E-state index in [0.29, 0.717) is 12.1 Å². The molecular formula is C26H38N6OS. The fourth-order valence-corrected chi connectivity index (χ4v) is 6.38. The molecule has 1 unspecified atom stereocenters. The Bertz CT molecular complexity index is 906. The average molecular weight is 483 g/mol. The minimum atomic E-state index is 0.199. The number of rotatable bonds is 5. The van der Waals surface area contributed by atoms with E-state index in [4.69, 9.17) is 4.98 Å². The topological polar surface area (TPSA) is 64.6 Å². The van der Waals surface area contributed by atoms with Crippen LogP contribution in [-0.2, 0) is 0 Å². The van der Waals surface area contributed by atoms with E-state index >= 15 is 0 Å². The van der Waals surface area contributed by atoms with Crippen molar-refractivity contribution in [2.75, 3.05) is 49.5 Å². The third-order valence-electron chi connectivity index (χ3n) is 7.61. The zero-order valence-corrected chi connectivity index (χ0v) is 21.0. The highest BCUT2D eigenvalue weighted by Crippen LogP contribution is 2.24. The normalized spacial score (nSPS) is 23.4. The number of piperidine rings is 1. The highest BCUT2D eigenvalue weighted by molar-refractivity contribution is 7.12. The van der Waals surface area contributed by atoms with Crippen LogP contribution in [0.1, 0.15) is 67.5 Å². The van der Waals surface area contributed by atoms with Crippen LogP contribution in [0.25, 0.3) is 0 Å². The number of thiophene rings is 1. The Hall–Kier alpha value is -2.19. The van der Waals surface area contributed by atoms with Crippen LogP contribution in [0.2, 0.25) is 0 Å². The molecule has 0 aliphatic carbocycles. The number of carbonyl (C=O) groups excluding carboxylic acids is 1. The van der Waals surface area contributed by atoms with Crippen LogP contribution in [0.4, 0.5) is 11.8 Å². The molecular weight excluding hydrogens is 444 g/mol. The van der Waals surface area contributed by atoms with Crippen molar-refractivity contribution < 1.29 is 4.79 Å². The van der Waals surface area contributed by atoms with Gasteiger partial charge in [0.15, 0.2) is 0 Å². The molecule has 0 saturated carbocycles.